The maximum atomic E-state index is 12.8. The van der Waals surface area contributed by atoms with Gasteiger partial charge in [0.15, 0.2) is 6.39 Å². The van der Waals surface area contributed by atoms with Crippen LogP contribution < -0.4 is 0 Å². The summed E-state index contributed by atoms with van der Waals surface area (Å²) < 4.78 is 13.2. The highest BCUT2D eigenvalue weighted by Crippen LogP contribution is 2.23. The van der Waals surface area contributed by atoms with Crippen LogP contribution in [-0.4, -0.2) is 43.5 Å². The zero-order valence-corrected chi connectivity index (χ0v) is 15.3. The third-order valence-corrected chi connectivity index (χ3v) is 4.66. The van der Waals surface area contributed by atoms with Crippen LogP contribution in [0, 0.1) is 13.8 Å². The minimum atomic E-state index is -0.164. The van der Waals surface area contributed by atoms with Gasteiger partial charge < -0.3 is 18.6 Å². The molecule has 1 aliphatic heterocycles. The topological polar surface area (TPSA) is 86.3 Å². The fraction of sp³-hybridized carbons (Fsp3) is 0.368. The van der Waals surface area contributed by atoms with E-state index in [9.17, 15) is 4.79 Å². The van der Waals surface area contributed by atoms with Gasteiger partial charge in [-0.25, -0.2) is 9.97 Å². The van der Waals surface area contributed by atoms with Gasteiger partial charge in [0.2, 0.25) is 5.76 Å². The molecule has 3 aromatic heterocycles. The van der Waals surface area contributed by atoms with Crippen LogP contribution in [0.2, 0.25) is 0 Å². The zero-order valence-electron chi connectivity index (χ0n) is 15.3. The molecule has 1 atom stereocenters. The summed E-state index contributed by atoms with van der Waals surface area (Å²) >= 11 is 0. The predicted molar refractivity (Wildman–Crippen MR) is 95.9 cm³/mol. The van der Waals surface area contributed by atoms with E-state index in [1.807, 2.05) is 25.1 Å². The Labute approximate surface area is 156 Å². The van der Waals surface area contributed by atoms with Crippen molar-refractivity contribution in [2.75, 3.05) is 13.2 Å². The Bertz CT molecular complexity index is 948. The smallest absolute Gasteiger partial charge is 0.291 e. The van der Waals surface area contributed by atoms with Crippen molar-refractivity contribution >= 4 is 5.91 Å². The van der Waals surface area contributed by atoms with Crippen LogP contribution >= 0.6 is 0 Å². The highest BCUT2D eigenvalue weighted by molar-refractivity contribution is 5.92. The number of carbonyl (C=O) groups excluding carboxylic acids is 1. The van der Waals surface area contributed by atoms with E-state index >= 15 is 0 Å². The molecule has 0 N–H and O–H groups in total. The molecule has 0 fully saturated rings. The molecule has 4 rings (SSSR count). The van der Waals surface area contributed by atoms with E-state index in [0.717, 1.165) is 17.1 Å². The van der Waals surface area contributed by atoms with Crippen molar-refractivity contribution in [3.8, 4) is 0 Å². The monoisotopic (exact) mass is 367 g/mol. The molecule has 4 heterocycles. The number of nitrogens with zero attached hydrogens (tertiary/aromatic N) is 5. The second kappa shape index (κ2) is 7.32. The molecule has 8 nitrogen and oxygen atoms in total. The summed E-state index contributed by atoms with van der Waals surface area (Å²) in [4.78, 5) is 27.2. The van der Waals surface area contributed by atoms with E-state index < -0.39 is 0 Å². The number of imidazole rings is 1. The summed E-state index contributed by atoms with van der Waals surface area (Å²) in [5, 5.41) is 0. The molecule has 0 bridgehead atoms. The first-order valence-corrected chi connectivity index (χ1v) is 8.82. The number of hydrogen-bond donors (Lipinski definition) is 0. The minimum absolute atomic E-state index is 0.0202. The molecule has 0 aromatic carbocycles. The molecule has 27 heavy (non-hydrogen) atoms. The van der Waals surface area contributed by atoms with Crippen LogP contribution in [0.25, 0.3) is 0 Å². The fourth-order valence-corrected chi connectivity index (χ4v) is 3.30. The quantitative estimate of drug-likeness (QED) is 0.688. The van der Waals surface area contributed by atoms with E-state index in [2.05, 4.69) is 19.5 Å². The van der Waals surface area contributed by atoms with Gasteiger partial charge >= 0.3 is 0 Å². The molecular formula is C19H21N5O3. The minimum Gasteiger partial charge on any atom is -0.438 e. The van der Waals surface area contributed by atoms with Crippen LogP contribution in [0.4, 0.5) is 0 Å². The third-order valence-electron chi connectivity index (χ3n) is 4.66. The first-order valence-electron chi connectivity index (χ1n) is 8.82. The van der Waals surface area contributed by atoms with Gasteiger partial charge in [-0.2, -0.15) is 0 Å². The maximum absolute atomic E-state index is 12.8. The third kappa shape index (κ3) is 3.61. The number of pyridine rings is 1. The molecule has 0 spiro atoms. The Hall–Kier alpha value is -3.00. The van der Waals surface area contributed by atoms with Crippen LogP contribution in [0.5, 0.6) is 0 Å². The Balaban J connectivity index is 1.45. The van der Waals surface area contributed by atoms with Crippen LogP contribution in [0.15, 0.2) is 41.5 Å². The standard InChI is InChI=1S/C19H21N5O3/c1-13-4-3-5-15(22-13)9-26-10-17-8-23(7-16-6-20-11-24(16)17)19(25)18-14(2)21-12-27-18/h3-6,11-12,17H,7-10H2,1-2H3/t17-/m1/s1. The lowest BCUT2D eigenvalue weighted by Crippen LogP contribution is -2.42. The van der Waals surface area contributed by atoms with Crippen molar-refractivity contribution < 1.29 is 13.9 Å². The zero-order chi connectivity index (χ0) is 18.8. The van der Waals surface area contributed by atoms with Crippen LogP contribution in [-0.2, 0) is 17.9 Å². The second-order valence-electron chi connectivity index (χ2n) is 6.68. The van der Waals surface area contributed by atoms with E-state index in [1.54, 1.807) is 24.3 Å². The molecule has 0 saturated carbocycles. The molecule has 1 aliphatic rings. The Morgan fingerprint density at radius 2 is 2.26 bits per heavy atom. The molecule has 3 aromatic rings. The Morgan fingerprint density at radius 3 is 3.04 bits per heavy atom. The summed E-state index contributed by atoms with van der Waals surface area (Å²) in [7, 11) is 0. The Morgan fingerprint density at radius 1 is 1.37 bits per heavy atom. The van der Waals surface area contributed by atoms with Gasteiger partial charge in [-0.15, -0.1) is 0 Å². The van der Waals surface area contributed by atoms with Gasteiger partial charge in [0.25, 0.3) is 5.91 Å². The van der Waals surface area contributed by atoms with Gasteiger partial charge in [0.1, 0.15) is 0 Å². The SMILES string of the molecule is Cc1cccc(COC[C@H]2CN(C(=O)c3ocnc3C)Cc3cncn32)n1. The lowest BCUT2D eigenvalue weighted by atomic mass is 10.1. The van der Waals surface area contributed by atoms with E-state index in [-0.39, 0.29) is 17.7 Å². The van der Waals surface area contributed by atoms with Crippen molar-refractivity contribution in [2.45, 2.75) is 33.0 Å². The number of aromatic nitrogens is 4. The number of rotatable bonds is 5. The maximum Gasteiger partial charge on any atom is 0.291 e. The summed E-state index contributed by atoms with van der Waals surface area (Å²) in [5.74, 6) is 0.120. The molecule has 8 heteroatoms. The van der Waals surface area contributed by atoms with Crippen molar-refractivity contribution in [3.05, 3.63) is 65.7 Å². The molecule has 0 aliphatic carbocycles. The van der Waals surface area contributed by atoms with Gasteiger partial charge in [-0.3, -0.25) is 9.78 Å². The van der Waals surface area contributed by atoms with Gasteiger partial charge in [0, 0.05) is 18.4 Å². The number of carbonyl (C=O) groups is 1. The number of hydrogen-bond acceptors (Lipinski definition) is 6. The molecular weight excluding hydrogens is 346 g/mol. The molecule has 0 unspecified atom stereocenters. The summed E-state index contributed by atoms with van der Waals surface area (Å²) in [6, 6.07) is 5.85. The van der Waals surface area contributed by atoms with Crippen molar-refractivity contribution in [1.82, 2.24) is 24.4 Å². The predicted octanol–water partition coefficient (Wildman–Crippen LogP) is 2.30. The normalized spacial score (nSPS) is 16.4. The molecule has 140 valence electrons. The lowest BCUT2D eigenvalue weighted by molar-refractivity contribution is 0.0453. The first kappa shape index (κ1) is 17.4. The van der Waals surface area contributed by atoms with Crippen LogP contribution in [0.1, 0.15) is 39.4 Å². The first-order chi connectivity index (χ1) is 13.1. The van der Waals surface area contributed by atoms with Gasteiger partial charge in [0.05, 0.1) is 49.2 Å². The Kier molecular flexibility index (Phi) is 4.72. The van der Waals surface area contributed by atoms with Gasteiger partial charge in [-0.1, -0.05) is 6.07 Å². The van der Waals surface area contributed by atoms with E-state index in [4.69, 9.17) is 9.15 Å². The summed E-state index contributed by atoms with van der Waals surface area (Å²) in [6.07, 6.45) is 4.86. The van der Waals surface area contributed by atoms with E-state index in [1.165, 1.54) is 6.39 Å². The fourth-order valence-electron chi connectivity index (χ4n) is 3.30. The number of aryl methyl sites for hydroxylation is 2. The summed E-state index contributed by atoms with van der Waals surface area (Å²) in [5.41, 5.74) is 3.41. The number of amides is 1. The average Bonchev–Trinajstić information content (AvgIpc) is 3.29. The van der Waals surface area contributed by atoms with Gasteiger partial charge in [-0.05, 0) is 26.0 Å². The highest BCUT2D eigenvalue weighted by atomic mass is 16.5. The number of oxazole rings is 1. The average molecular weight is 367 g/mol. The van der Waals surface area contributed by atoms with Crippen molar-refractivity contribution in [3.63, 3.8) is 0 Å². The lowest BCUT2D eigenvalue weighted by Gasteiger charge is -2.34. The molecule has 1 amide bonds. The highest BCUT2D eigenvalue weighted by Gasteiger charge is 2.30. The summed E-state index contributed by atoms with van der Waals surface area (Å²) in [6.45, 7) is 5.60. The number of fused-ring (bicyclic) bond motifs is 1. The second-order valence-corrected chi connectivity index (χ2v) is 6.68. The van der Waals surface area contributed by atoms with E-state index in [0.29, 0.717) is 32.0 Å². The largest absolute Gasteiger partial charge is 0.438 e. The number of ether oxygens (including phenoxy) is 1. The molecule has 0 radical (unpaired) electrons. The van der Waals surface area contributed by atoms with Crippen molar-refractivity contribution in [1.29, 1.82) is 0 Å². The van der Waals surface area contributed by atoms with Crippen LogP contribution in [0.3, 0.4) is 0 Å². The molecule has 0 saturated heterocycles. The van der Waals surface area contributed by atoms with Crippen molar-refractivity contribution in [2.24, 2.45) is 0 Å².